The summed E-state index contributed by atoms with van der Waals surface area (Å²) >= 11 is 0. The van der Waals surface area contributed by atoms with Crippen molar-refractivity contribution in [1.82, 2.24) is 4.72 Å². The van der Waals surface area contributed by atoms with Crippen LogP contribution in [0.3, 0.4) is 0 Å². The van der Waals surface area contributed by atoms with Crippen LogP contribution in [0.4, 0.5) is 5.69 Å². The van der Waals surface area contributed by atoms with Gasteiger partial charge in [0, 0.05) is 18.2 Å². The lowest BCUT2D eigenvalue weighted by Gasteiger charge is -2.13. The van der Waals surface area contributed by atoms with Crippen molar-refractivity contribution >= 4 is 15.7 Å². The van der Waals surface area contributed by atoms with E-state index in [1.807, 2.05) is 19.1 Å². The normalized spacial score (nSPS) is 13.2. The van der Waals surface area contributed by atoms with Crippen molar-refractivity contribution in [3.05, 3.63) is 54.0 Å². The molecule has 1 atom stereocenters. The summed E-state index contributed by atoms with van der Waals surface area (Å²) in [6, 6.07) is 10.4. The lowest BCUT2D eigenvalue weighted by atomic mass is 10.2. The molecule has 3 N–H and O–H groups in total. The first-order valence-electron chi connectivity index (χ1n) is 6.81. The van der Waals surface area contributed by atoms with Crippen LogP contribution in [0.5, 0.6) is 0 Å². The number of furan rings is 1. The highest BCUT2D eigenvalue weighted by Crippen LogP contribution is 2.11. The molecule has 0 fully saturated rings. The maximum absolute atomic E-state index is 12.1. The van der Waals surface area contributed by atoms with Crippen molar-refractivity contribution < 1.29 is 12.8 Å². The van der Waals surface area contributed by atoms with Crippen molar-refractivity contribution in [3.8, 4) is 0 Å². The molecule has 2 aromatic rings. The molecule has 0 spiro atoms. The van der Waals surface area contributed by atoms with E-state index in [-0.39, 0.29) is 11.8 Å². The molecular formula is C15H20N2O3S. The Morgan fingerprint density at radius 1 is 1.24 bits per heavy atom. The van der Waals surface area contributed by atoms with E-state index in [1.165, 1.54) is 0 Å². The van der Waals surface area contributed by atoms with E-state index in [2.05, 4.69) is 4.72 Å². The molecule has 0 aliphatic heterocycles. The number of sulfonamides is 1. The molecule has 1 unspecified atom stereocenters. The van der Waals surface area contributed by atoms with E-state index < -0.39 is 10.0 Å². The third-order valence-corrected chi connectivity index (χ3v) is 4.60. The predicted molar refractivity (Wildman–Crippen MR) is 83.1 cm³/mol. The highest BCUT2D eigenvalue weighted by atomic mass is 32.2. The minimum Gasteiger partial charge on any atom is -0.469 e. The van der Waals surface area contributed by atoms with Crippen molar-refractivity contribution in [3.63, 3.8) is 0 Å². The summed E-state index contributed by atoms with van der Waals surface area (Å²) < 4.78 is 32.1. The Balaban J connectivity index is 1.86. The molecule has 1 aromatic heterocycles. The molecule has 0 bridgehead atoms. The Bertz CT molecular complexity index is 649. The number of rotatable bonds is 7. The Morgan fingerprint density at radius 2 is 1.95 bits per heavy atom. The predicted octanol–water partition coefficient (Wildman–Crippen LogP) is 2.30. The Kier molecular flexibility index (Phi) is 5.03. The maximum Gasteiger partial charge on any atom is 0.216 e. The molecule has 2 rings (SSSR count). The molecule has 0 aliphatic rings. The molecular weight excluding hydrogens is 288 g/mol. The van der Waals surface area contributed by atoms with E-state index in [9.17, 15) is 8.42 Å². The molecule has 1 heterocycles. The van der Waals surface area contributed by atoms with Crippen LogP contribution in [0.25, 0.3) is 0 Å². The molecule has 0 saturated heterocycles. The summed E-state index contributed by atoms with van der Waals surface area (Å²) in [6.07, 6.45) is 3.01. The second kappa shape index (κ2) is 6.78. The SMILES string of the molecule is CC(CCc1ccco1)NS(=O)(=O)Cc1ccc(N)cc1. The number of anilines is 1. The van der Waals surface area contributed by atoms with Crippen LogP contribution in [0.1, 0.15) is 24.7 Å². The smallest absolute Gasteiger partial charge is 0.216 e. The quantitative estimate of drug-likeness (QED) is 0.769. The molecule has 1 aromatic carbocycles. The average molecular weight is 308 g/mol. The molecule has 21 heavy (non-hydrogen) atoms. The van der Waals surface area contributed by atoms with Crippen LogP contribution in [0.15, 0.2) is 47.1 Å². The first-order valence-corrected chi connectivity index (χ1v) is 8.46. The second-order valence-electron chi connectivity index (χ2n) is 5.14. The van der Waals surface area contributed by atoms with Gasteiger partial charge in [0.25, 0.3) is 0 Å². The maximum atomic E-state index is 12.1. The fourth-order valence-corrected chi connectivity index (χ4v) is 3.50. The third-order valence-electron chi connectivity index (χ3n) is 3.12. The van der Waals surface area contributed by atoms with Crippen molar-refractivity contribution in [1.29, 1.82) is 0 Å². The zero-order chi connectivity index (χ0) is 15.3. The Morgan fingerprint density at radius 3 is 2.57 bits per heavy atom. The number of nitrogen functional groups attached to an aromatic ring is 1. The molecule has 0 radical (unpaired) electrons. The van der Waals surface area contributed by atoms with Crippen LogP contribution in [-0.4, -0.2) is 14.5 Å². The monoisotopic (exact) mass is 308 g/mol. The number of nitrogens with two attached hydrogens (primary N) is 1. The van der Waals surface area contributed by atoms with Gasteiger partial charge in [-0.25, -0.2) is 13.1 Å². The van der Waals surface area contributed by atoms with Crippen LogP contribution < -0.4 is 10.5 Å². The standard InChI is InChI=1S/C15H20N2O3S/c1-12(4-9-15-3-2-10-20-15)17-21(18,19)11-13-5-7-14(16)8-6-13/h2-3,5-8,10,12,17H,4,9,11,16H2,1H3. The van der Waals surface area contributed by atoms with Crippen LogP contribution in [0, 0.1) is 0 Å². The molecule has 114 valence electrons. The summed E-state index contributed by atoms with van der Waals surface area (Å²) in [5.41, 5.74) is 6.92. The van der Waals surface area contributed by atoms with E-state index >= 15 is 0 Å². The van der Waals surface area contributed by atoms with E-state index in [1.54, 1.807) is 30.5 Å². The summed E-state index contributed by atoms with van der Waals surface area (Å²) in [5.74, 6) is 0.817. The molecule has 0 aliphatic carbocycles. The van der Waals surface area contributed by atoms with Gasteiger partial charge in [0.1, 0.15) is 5.76 Å². The van der Waals surface area contributed by atoms with Crippen molar-refractivity contribution in [2.75, 3.05) is 5.73 Å². The van der Waals surface area contributed by atoms with Gasteiger partial charge in [0.2, 0.25) is 10.0 Å². The van der Waals surface area contributed by atoms with Crippen LogP contribution in [-0.2, 0) is 22.2 Å². The van der Waals surface area contributed by atoms with E-state index in [4.69, 9.17) is 10.2 Å². The molecule has 0 saturated carbocycles. The Hall–Kier alpha value is -1.79. The Labute approximate surface area is 125 Å². The fraction of sp³-hybridized carbons (Fsp3) is 0.333. The van der Waals surface area contributed by atoms with Gasteiger partial charge in [0.15, 0.2) is 0 Å². The summed E-state index contributed by atoms with van der Waals surface area (Å²) in [4.78, 5) is 0. The topological polar surface area (TPSA) is 85.3 Å². The number of aryl methyl sites for hydroxylation is 1. The van der Waals surface area contributed by atoms with Crippen molar-refractivity contribution in [2.24, 2.45) is 0 Å². The lowest BCUT2D eigenvalue weighted by molar-refractivity contribution is 0.480. The zero-order valence-corrected chi connectivity index (χ0v) is 12.8. The third kappa shape index (κ3) is 5.24. The molecule has 5 nitrogen and oxygen atoms in total. The van der Waals surface area contributed by atoms with Gasteiger partial charge in [-0.2, -0.15) is 0 Å². The highest BCUT2D eigenvalue weighted by Gasteiger charge is 2.15. The summed E-state index contributed by atoms with van der Waals surface area (Å²) in [6.45, 7) is 1.85. The number of benzene rings is 1. The minimum absolute atomic E-state index is 0.0433. The highest BCUT2D eigenvalue weighted by molar-refractivity contribution is 7.88. The first kappa shape index (κ1) is 15.6. The number of nitrogens with one attached hydrogen (secondary N) is 1. The largest absolute Gasteiger partial charge is 0.469 e. The molecule has 6 heteroatoms. The van der Waals surface area contributed by atoms with E-state index in [0.717, 1.165) is 11.3 Å². The second-order valence-corrected chi connectivity index (χ2v) is 6.89. The summed E-state index contributed by atoms with van der Waals surface area (Å²) in [5, 5.41) is 0. The summed E-state index contributed by atoms with van der Waals surface area (Å²) in [7, 11) is -3.36. The first-order chi connectivity index (χ1) is 9.94. The number of hydrogen-bond acceptors (Lipinski definition) is 4. The minimum atomic E-state index is -3.36. The van der Waals surface area contributed by atoms with Gasteiger partial charge < -0.3 is 10.2 Å². The zero-order valence-electron chi connectivity index (χ0n) is 12.0. The van der Waals surface area contributed by atoms with Gasteiger partial charge in [-0.15, -0.1) is 0 Å². The molecule has 0 amide bonds. The van der Waals surface area contributed by atoms with Gasteiger partial charge in [-0.1, -0.05) is 12.1 Å². The van der Waals surface area contributed by atoms with E-state index in [0.29, 0.717) is 18.5 Å². The number of hydrogen-bond donors (Lipinski definition) is 2. The van der Waals surface area contributed by atoms with Gasteiger partial charge in [-0.05, 0) is 43.2 Å². The van der Waals surface area contributed by atoms with Crippen molar-refractivity contribution in [2.45, 2.75) is 31.6 Å². The van der Waals surface area contributed by atoms with Gasteiger partial charge >= 0.3 is 0 Å². The van der Waals surface area contributed by atoms with Crippen LogP contribution >= 0.6 is 0 Å². The van der Waals surface area contributed by atoms with Gasteiger partial charge in [0.05, 0.1) is 12.0 Å². The fourth-order valence-electron chi connectivity index (χ4n) is 2.05. The van der Waals surface area contributed by atoms with Gasteiger partial charge in [-0.3, -0.25) is 0 Å². The lowest BCUT2D eigenvalue weighted by Crippen LogP contribution is -2.33. The average Bonchev–Trinajstić information content (AvgIpc) is 2.91. The van der Waals surface area contributed by atoms with Crippen LogP contribution in [0.2, 0.25) is 0 Å².